The second kappa shape index (κ2) is 8.23. The van der Waals surface area contributed by atoms with Gasteiger partial charge in [-0.3, -0.25) is 9.36 Å². The number of carbonyl (C=O) groups excluding carboxylic acids is 1. The third-order valence-corrected chi connectivity index (χ3v) is 5.77. The lowest BCUT2D eigenvalue weighted by atomic mass is 10.2. The van der Waals surface area contributed by atoms with Gasteiger partial charge in [0.15, 0.2) is 10.9 Å². The highest BCUT2D eigenvalue weighted by molar-refractivity contribution is 7.99. The van der Waals surface area contributed by atoms with E-state index >= 15 is 0 Å². The molecule has 160 valence electrons. The summed E-state index contributed by atoms with van der Waals surface area (Å²) in [7, 11) is 0. The van der Waals surface area contributed by atoms with Crippen LogP contribution < -0.4 is 11.0 Å². The molecule has 0 fully saturated rings. The van der Waals surface area contributed by atoms with Crippen molar-refractivity contribution in [2.45, 2.75) is 11.7 Å². The van der Waals surface area contributed by atoms with E-state index in [1.807, 2.05) is 34.9 Å². The van der Waals surface area contributed by atoms with Gasteiger partial charge < -0.3 is 19.7 Å². The molecule has 0 saturated carbocycles. The Balaban J connectivity index is 1.32. The first-order chi connectivity index (χ1) is 15.6. The van der Waals surface area contributed by atoms with E-state index < -0.39 is 0 Å². The number of aromatic amines is 2. The second-order valence-electron chi connectivity index (χ2n) is 7.03. The van der Waals surface area contributed by atoms with Crippen molar-refractivity contribution in [1.29, 1.82) is 0 Å². The SMILES string of the molecule is C=CCn1c(SCC(=O)Nc2ccc3[nH]c(=O)[nH]c3c2)nnc1-c1cc2ccccc2o1. The zero-order chi connectivity index (χ0) is 22.1. The van der Waals surface area contributed by atoms with Crippen LogP contribution in [0.5, 0.6) is 0 Å². The first-order valence-corrected chi connectivity index (χ1v) is 10.8. The number of benzene rings is 2. The minimum Gasteiger partial charge on any atom is -0.453 e. The van der Waals surface area contributed by atoms with Crippen LogP contribution in [0.2, 0.25) is 0 Å². The average Bonchev–Trinajstić information content (AvgIpc) is 3.47. The number of hydrogen-bond donors (Lipinski definition) is 3. The number of fused-ring (bicyclic) bond motifs is 2. The van der Waals surface area contributed by atoms with Gasteiger partial charge in [0.1, 0.15) is 5.58 Å². The van der Waals surface area contributed by atoms with Crippen LogP contribution in [0.25, 0.3) is 33.6 Å². The molecule has 3 heterocycles. The van der Waals surface area contributed by atoms with Gasteiger partial charge in [0, 0.05) is 17.6 Å². The van der Waals surface area contributed by atoms with E-state index in [9.17, 15) is 9.59 Å². The molecule has 3 aromatic heterocycles. The number of carbonyl (C=O) groups is 1. The molecule has 0 saturated heterocycles. The maximum atomic E-state index is 12.5. The first kappa shape index (κ1) is 19.9. The summed E-state index contributed by atoms with van der Waals surface area (Å²) in [6, 6.07) is 14.8. The maximum Gasteiger partial charge on any atom is 0.323 e. The number of H-pyrrole nitrogens is 2. The van der Waals surface area contributed by atoms with Crippen LogP contribution in [-0.4, -0.2) is 36.4 Å². The molecule has 0 radical (unpaired) electrons. The molecule has 9 nitrogen and oxygen atoms in total. The Morgan fingerprint density at radius 2 is 2.00 bits per heavy atom. The number of nitrogens with zero attached hydrogens (tertiary/aromatic N) is 3. The fraction of sp³-hybridized carbons (Fsp3) is 0.0909. The molecular weight excluding hydrogens is 428 g/mol. The molecule has 0 atom stereocenters. The molecule has 2 aromatic carbocycles. The second-order valence-corrected chi connectivity index (χ2v) is 7.97. The lowest BCUT2D eigenvalue weighted by Gasteiger charge is -2.07. The number of furan rings is 1. The van der Waals surface area contributed by atoms with Crippen molar-refractivity contribution in [1.82, 2.24) is 24.7 Å². The van der Waals surface area contributed by atoms with E-state index in [1.54, 1.807) is 24.3 Å². The Bertz CT molecular complexity index is 1480. The third kappa shape index (κ3) is 3.83. The fourth-order valence-electron chi connectivity index (χ4n) is 3.40. The van der Waals surface area contributed by atoms with Crippen molar-refractivity contribution in [3.8, 4) is 11.6 Å². The molecule has 10 heteroatoms. The number of thioether (sulfide) groups is 1. The van der Waals surface area contributed by atoms with Crippen LogP contribution in [0.4, 0.5) is 5.69 Å². The van der Waals surface area contributed by atoms with Gasteiger partial charge in [-0.1, -0.05) is 36.0 Å². The summed E-state index contributed by atoms with van der Waals surface area (Å²) in [6.07, 6.45) is 1.74. The molecule has 0 aliphatic heterocycles. The molecule has 0 aliphatic rings. The van der Waals surface area contributed by atoms with E-state index in [1.165, 1.54) is 11.8 Å². The first-order valence-electron chi connectivity index (χ1n) is 9.78. The Hall–Kier alpha value is -4.05. The molecule has 3 N–H and O–H groups in total. The minimum absolute atomic E-state index is 0.136. The maximum absolute atomic E-state index is 12.5. The van der Waals surface area contributed by atoms with Crippen LogP contribution in [0.15, 0.2) is 75.6 Å². The predicted molar refractivity (Wildman–Crippen MR) is 124 cm³/mol. The third-order valence-electron chi connectivity index (χ3n) is 4.81. The number of imidazole rings is 1. The smallest absolute Gasteiger partial charge is 0.323 e. The number of hydrogen-bond acceptors (Lipinski definition) is 6. The molecule has 0 aliphatic carbocycles. The molecule has 0 bridgehead atoms. The highest BCUT2D eigenvalue weighted by Crippen LogP contribution is 2.29. The van der Waals surface area contributed by atoms with Crippen LogP contribution in [-0.2, 0) is 11.3 Å². The van der Waals surface area contributed by atoms with E-state index in [-0.39, 0.29) is 17.3 Å². The molecule has 1 amide bonds. The van der Waals surface area contributed by atoms with Crippen molar-refractivity contribution in [3.63, 3.8) is 0 Å². The molecule has 0 spiro atoms. The number of rotatable bonds is 7. The van der Waals surface area contributed by atoms with Gasteiger partial charge in [-0.25, -0.2) is 4.79 Å². The number of para-hydroxylation sites is 1. The summed E-state index contributed by atoms with van der Waals surface area (Å²) in [6.45, 7) is 4.28. The monoisotopic (exact) mass is 446 g/mol. The largest absolute Gasteiger partial charge is 0.453 e. The number of aromatic nitrogens is 5. The van der Waals surface area contributed by atoms with Gasteiger partial charge in [0.05, 0.1) is 16.8 Å². The zero-order valence-corrected chi connectivity index (χ0v) is 17.6. The number of anilines is 1. The van der Waals surface area contributed by atoms with Crippen molar-refractivity contribution in [2.75, 3.05) is 11.1 Å². The van der Waals surface area contributed by atoms with Crippen molar-refractivity contribution < 1.29 is 9.21 Å². The topological polar surface area (TPSA) is 122 Å². The van der Waals surface area contributed by atoms with Gasteiger partial charge in [-0.2, -0.15) is 0 Å². The van der Waals surface area contributed by atoms with Crippen molar-refractivity contribution >= 4 is 45.4 Å². The van der Waals surface area contributed by atoms with Gasteiger partial charge in [-0.15, -0.1) is 16.8 Å². The van der Waals surface area contributed by atoms with Crippen LogP contribution in [0, 0.1) is 0 Å². The summed E-state index contributed by atoms with van der Waals surface area (Å²) in [5, 5.41) is 12.9. The Kier molecular flexibility index (Phi) is 5.12. The molecule has 32 heavy (non-hydrogen) atoms. The van der Waals surface area contributed by atoms with Gasteiger partial charge >= 0.3 is 5.69 Å². The minimum atomic E-state index is -0.291. The normalized spacial score (nSPS) is 11.2. The van der Waals surface area contributed by atoms with E-state index in [0.29, 0.717) is 40.0 Å². The van der Waals surface area contributed by atoms with Crippen LogP contribution >= 0.6 is 11.8 Å². The van der Waals surface area contributed by atoms with Crippen LogP contribution in [0.1, 0.15) is 0 Å². The van der Waals surface area contributed by atoms with Crippen LogP contribution in [0.3, 0.4) is 0 Å². The molecule has 5 aromatic rings. The lowest BCUT2D eigenvalue weighted by Crippen LogP contribution is -2.14. The Morgan fingerprint density at radius 3 is 2.84 bits per heavy atom. The number of nitrogens with one attached hydrogen (secondary N) is 3. The Morgan fingerprint density at radius 1 is 1.16 bits per heavy atom. The summed E-state index contributed by atoms with van der Waals surface area (Å²) in [4.78, 5) is 29.2. The van der Waals surface area contributed by atoms with Crippen molar-refractivity contribution in [3.05, 3.63) is 71.7 Å². The quantitative estimate of drug-likeness (QED) is 0.258. The van der Waals surface area contributed by atoms with Crippen molar-refractivity contribution in [2.24, 2.45) is 0 Å². The van der Waals surface area contributed by atoms with E-state index in [0.717, 1.165) is 11.0 Å². The fourth-order valence-corrected chi connectivity index (χ4v) is 4.15. The highest BCUT2D eigenvalue weighted by Gasteiger charge is 2.18. The summed E-state index contributed by atoms with van der Waals surface area (Å²) in [5.41, 5.74) is 2.37. The van der Waals surface area contributed by atoms with E-state index in [4.69, 9.17) is 4.42 Å². The number of allylic oxidation sites excluding steroid dienone is 1. The summed E-state index contributed by atoms with van der Waals surface area (Å²) >= 11 is 1.27. The van der Waals surface area contributed by atoms with E-state index in [2.05, 4.69) is 32.1 Å². The molecule has 5 rings (SSSR count). The molecular formula is C22H18N6O3S. The van der Waals surface area contributed by atoms with Gasteiger partial charge in [0.2, 0.25) is 11.7 Å². The standard InChI is InChI=1S/C22H18N6O3S/c1-2-9-28-20(18-10-13-5-3-4-6-17(13)31-18)26-27-22(28)32-12-19(29)23-14-7-8-15-16(11-14)25-21(30)24-15/h2-8,10-11H,1,9,12H2,(H,23,29)(H2,24,25,30). The Labute approximate surface area is 185 Å². The summed E-state index contributed by atoms with van der Waals surface area (Å²) in [5.74, 6) is 1.11. The average molecular weight is 446 g/mol. The van der Waals surface area contributed by atoms with Gasteiger partial charge in [-0.05, 0) is 30.3 Å². The summed E-state index contributed by atoms with van der Waals surface area (Å²) < 4.78 is 7.78. The van der Waals surface area contributed by atoms with Gasteiger partial charge in [0.25, 0.3) is 0 Å². The lowest BCUT2D eigenvalue weighted by molar-refractivity contribution is -0.113. The number of amides is 1. The highest BCUT2D eigenvalue weighted by atomic mass is 32.2. The molecule has 0 unspecified atom stereocenters. The predicted octanol–water partition coefficient (Wildman–Crippen LogP) is 3.78. The zero-order valence-electron chi connectivity index (χ0n) is 16.8.